The van der Waals surface area contributed by atoms with E-state index in [1.807, 2.05) is 0 Å². The van der Waals surface area contributed by atoms with Crippen molar-refractivity contribution in [3.63, 3.8) is 0 Å². The second-order valence-electron chi connectivity index (χ2n) is 11.2. The molecule has 0 aliphatic carbocycles. The lowest BCUT2D eigenvalue weighted by molar-refractivity contribution is -0.142. The molecule has 0 aromatic rings. The number of unbranched alkanes of at least 4 members (excludes halogenated alkanes) is 11. The zero-order valence-corrected chi connectivity index (χ0v) is 26.8. The molecule has 0 aromatic carbocycles. The monoisotopic (exact) mass is 582 g/mol. The first-order chi connectivity index (χ1) is 20.6. The molecule has 1 atom stereocenters. The normalized spacial score (nSPS) is 13.3. The van der Waals surface area contributed by atoms with E-state index < -0.39 is 11.9 Å². The summed E-state index contributed by atoms with van der Waals surface area (Å²) in [6.07, 6.45) is 48.7. The second-order valence-corrected chi connectivity index (χ2v) is 11.2. The number of aliphatic carboxylic acids is 2. The summed E-state index contributed by atoms with van der Waals surface area (Å²) >= 11 is 0. The fourth-order valence-electron chi connectivity index (χ4n) is 4.65. The first kappa shape index (κ1) is 39.4. The Balaban J connectivity index is 3.71. The van der Waals surface area contributed by atoms with Crippen LogP contribution in [-0.4, -0.2) is 22.2 Å². The van der Waals surface area contributed by atoms with Gasteiger partial charge in [-0.1, -0.05) is 125 Å². The van der Waals surface area contributed by atoms with E-state index in [9.17, 15) is 14.7 Å². The van der Waals surface area contributed by atoms with Gasteiger partial charge in [0.2, 0.25) is 0 Å². The molecule has 238 valence electrons. The molecule has 0 aromatic heterocycles. The molecule has 2 N–H and O–H groups in total. The minimum atomic E-state index is -0.692. The Bertz CT molecular complexity index is 800. The predicted molar refractivity (Wildman–Crippen MR) is 181 cm³/mol. The first-order valence-corrected chi connectivity index (χ1v) is 16.9. The Morgan fingerprint density at radius 1 is 0.476 bits per heavy atom. The molecule has 0 radical (unpaired) electrons. The van der Waals surface area contributed by atoms with Crippen LogP contribution in [0.2, 0.25) is 0 Å². The van der Waals surface area contributed by atoms with Crippen molar-refractivity contribution >= 4 is 11.9 Å². The molecular formula is C38H62O4. The van der Waals surface area contributed by atoms with Crippen LogP contribution in [0.3, 0.4) is 0 Å². The van der Waals surface area contributed by atoms with Crippen molar-refractivity contribution in [2.45, 2.75) is 148 Å². The summed E-state index contributed by atoms with van der Waals surface area (Å²) in [6, 6.07) is 0. The highest BCUT2D eigenvalue weighted by Gasteiger charge is 2.15. The van der Waals surface area contributed by atoms with Crippen molar-refractivity contribution in [2.24, 2.45) is 5.92 Å². The fourth-order valence-corrected chi connectivity index (χ4v) is 4.65. The third-order valence-electron chi connectivity index (χ3n) is 7.28. The van der Waals surface area contributed by atoms with Gasteiger partial charge in [-0.05, 0) is 89.9 Å². The SMILES string of the molecule is CCCCCC=CCC=CCC=CCC=CCCC(CCCCCC=CCC=CCCCCCCCC(=O)O)C(=O)O. The minimum Gasteiger partial charge on any atom is -0.481 e. The van der Waals surface area contributed by atoms with Gasteiger partial charge >= 0.3 is 11.9 Å². The fraction of sp³-hybridized carbons (Fsp3) is 0.632. The van der Waals surface area contributed by atoms with Crippen molar-refractivity contribution in [3.8, 4) is 0 Å². The Morgan fingerprint density at radius 2 is 0.881 bits per heavy atom. The van der Waals surface area contributed by atoms with Crippen molar-refractivity contribution < 1.29 is 19.8 Å². The van der Waals surface area contributed by atoms with Crippen LogP contribution in [-0.2, 0) is 9.59 Å². The summed E-state index contributed by atoms with van der Waals surface area (Å²) in [4.78, 5) is 22.1. The topological polar surface area (TPSA) is 74.6 Å². The van der Waals surface area contributed by atoms with Gasteiger partial charge in [-0.2, -0.15) is 0 Å². The molecule has 0 saturated carbocycles. The van der Waals surface area contributed by atoms with Gasteiger partial charge in [-0.3, -0.25) is 9.59 Å². The van der Waals surface area contributed by atoms with Gasteiger partial charge in [0.1, 0.15) is 0 Å². The molecule has 0 heterocycles. The molecule has 0 bridgehead atoms. The van der Waals surface area contributed by atoms with Crippen LogP contribution in [0.5, 0.6) is 0 Å². The maximum atomic E-state index is 11.6. The van der Waals surface area contributed by atoms with Gasteiger partial charge in [0.25, 0.3) is 0 Å². The highest BCUT2D eigenvalue weighted by molar-refractivity contribution is 5.69. The third-order valence-corrected chi connectivity index (χ3v) is 7.28. The molecule has 0 amide bonds. The van der Waals surface area contributed by atoms with Crippen LogP contribution in [0.1, 0.15) is 148 Å². The largest absolute Gasteiger partial charge is 0.481 e. The van der Waals surface area contributed by atoms with Crippen LogP contribution >= 0.6 is 0 Å². The van der Waals surface area contributed by atoms with Gasteiger partial charge < -0.3 is 10.2 Å². The predicted octanol–water partition coefficient (Wildman–Crippen LogP) is 11.7. The van der Waals surface area contributed by atoms with E-state index in [2.05, 4.69) is 79.8 Å². The molecule has 0 saturated heterocycles. The van der Waals surface area contributed by atoms with Crippen molar-refractivity contribution in [2.75, 3.05) is 0 Å². The number of carbonyl (C=O) groups is 2. The average Bonchev–Trinajstić information content (AvgIpc) is 2.97. The van der Waals surface area contributed by atoms with E-state index in [-0.39, 0.29) is 5.92 Å². The molecule has 1 unspecified atom stereocenters. The van der Waals surface area contributed by atoms with Gasteiger partial charge in [0.05, 0.1) is 5.92 Å². The Morgan fingerprint density at radius 3 is 1.36 bits per heavy atom. The summed E-state index contributed by atoms with van der Waals surface area (Å²) in [7, 11) is 0. The zero-order chi connectivity index (χ0) is 30.8. The first-order valence-electron chi connectivity index (χ1n) is 16.9. The average molecular weight is 583 g/mol. The zero-order valence-electron chi connectivity index (χ0n) is 26.8. The maximum absolute atomic E-state index is 11.6. The summed E-state index contributed by atoms with van der Waals surface area (Å²) < 4.78 is 0. The Labute approximate surface area is 258 Å². The molecular weight excluding hydrogens is 520 g/mol. The number of allylic oxidation sites excluding steroid dienone is 12. The standard InChI is InChI=1S/C38H62O4/c1-2-3-4-5-6-7-8-9-10-12-15-18-21-24-27-30-33-36(38(41)42)34-31-28-25-22-19-16-13-11-14-17-20-23-26-29-32-35-37(39)40/h6-7,9-11,14-16,18-19,24,27,36H,2-5,8,12-13,17,20-23,25-26,28-35H2,1H3,(H,39,40)(H,41,42). The number of hydrogen-bond acceptors (Lipinski definition) is 2. The lowest BCUT2D eigenvalue weighted by Crippen LogP contribution is -2.13. The van der Waals surface area contributed by atoms with Crippen molar-refractivity contribution in [3.05, 3.63) is 72.9 Å². The van der Waals surface area contributed by atoms with Crippen LogP contribution in [0.25, 0.3) is 0 Å². The van der Waals surface area contributed by atoms with Gasteiger partial charge in [0, 0.05) is 6.42 Å². The summed E-state index contributed by atoms with van der Waals surface area (Å²) in [5, 5.41) is 18.2. The number of carboxylic acid groups (broad SMARTS) is 2. The highest BCUT2D eigenvalue weighted by atomic mass is 16.4. The van der Waals surface area contributed by atoms with Crippen LogP contribution in [0, 0.1) is 5.92 Å². The summed E-state index contributed by atoms with van der Waals surface area (Å²) in [6.45, 7) is 2.24. The lowest BCUT2D eigenvalue weighted by atomic mass is 9.96. The third kappa shape index (κ3) is 31.9. The molecule has 0 rings (SSSR count). The summed E-state index contributed by atoms with van der Waals surface area (Å²) in [5.41, 5.74) is 0. The van der Waals surface area contributed by atoms with Gasteiger partial charge in [-0.15, -0.1) is 0 Å². The minimum absolute atomic E-state index is 0.235. The van der Waals surface area contributed by atoms with Crippen LogP contribution < -0.4 is 0 Å². The number of rotatable bonds is 30. The molecule has 4 heteroatoms. The number of hydrogen-bond donors (Lipinski definition) is 2. The Hall–Kier alpha value is -2.62. The van der Waals surface area contributed by atoms with Crippen molar-refractivity contribution in [1.29, 1.82) is 0 Å². The van der Waals surface area contributed by atoms with Crippen LogP contribution in [0.4, 0.5) is 0 Å². The smallest absolute Gasteiger partial charge is 0.306 e. The Kier molecular flexibility index (Phi) is 30.8. The second kappa shape index (κ2) is 32.9. The quantitative estimate of drug-likeness (QED) is 0.0652. The maximum Gasteiger partial charge on any atom is 0.306 e. The molecule has 0 spiro atoms. The van der Waals surface area contributed by atoms with E-state index in [0.717, 1.165) is 96.3 Å². The van der Waals surface area contributed by atoms with E-state index in [0.29, 0.717) is 6.42 Å². The number of carboxylic acids is 2. The highest BCUT2D eigenvalue weighted by Crippen LogP contribution is 2.17. The van der Waals surface area contributed by atoms with Crippen molar-refractivity contribution in [1.82, 2.24) is 0 Å². The van der Waals surface area contributed by atoms with E-state index >= 15 is 0 Å². The molecule has 0 aliphatic rings. The van der Waals surface area contributed by atoms with E-state index in [1.165, 1.54) is 38.5 Å². The lowest BCUT2D eigenvalue weighted by Gasteiger charge is -2.10. The molecule has 4 nitrogen and oxygen atoms in total. The van der Waals surface area contributed by atoms with Gasteiger partial charge in [-0.25, -0.2) is 0 Å². The van der Waals surface area contributed by atoms with E-state index in [4.69, 9.17) is 5.11 Å². The molecule has 0 aliphatic heterocycles. The van der Waals surface area contributed by atoms with Crippen LogP contribution in [0.15, 0.2) is 72.9 Å². The molecule has 0 fully saturated rings. The van der Waals surface area contributed by atoms with Gasteiger partial charge in [0.15, 0.2) is 0 Å². The summed E-state index contributed by atoms with van der Waals surface area (Å²) in [5.74, 6) is -1.58. The van der Waals surface area contributed by atoms with E-state index in [1.54, 1.807) is 0 Å². The molecule has 42 heavy (non-hydrogen) atoms.